The van der Waals surface area contributed by atoms with Crippen molar-refractivity contribution < 1.29 is 36.7 Å². The molecule has 1 heterocycles. The monoisotopic (exact) mass is 494 g/mol. The predicted molar refractivity (Wildman–Crippen MR) is 119 cm³/mol. The summed E-state index contributed by atoms with van der Waals surface area (Å²) in [4.78, 5) is 40.3. The van der Waals surface area contributed by atoms with Crippen molar-refractivity contribution in [2.75, 3.05) is 20.3 Å². The topological polar surface area (TPSA) is 75.7 Å². The molecule has 0 radical (unpaired) electrons. The molecule has 2 aromatic carbocycles. The van der Waals surface area contributed by atoms with Crippen LogP contribution in [0, 0.1) is 12.7 Å². The van der Waals surface area contributed by atoms with Crippen LogP contribution in [-0.2, 0) is 37.3 Å². The average Bonchev–Trinajstić information content (AvgIpc) is 3.02. The number of nitrogens with zero attached hydrogens (tertiary/aromatic N) is 1. The van der Waals surface area contributed by atoms with Gasteiger partial charge < -0.3 is 10.1 Å². The fraction of sp³-hybridized carbons (Fsp3) is 0.400. The number of rotatable bonds is 9. The lowest BCUT2D eigenvalue weighted by molar-refractivity contribution is -0.141. The van der Waals surface area contributed by atoms with E-state index in [2.05, 4.69) is 5.32 Å². The number of hydrogen-bond acceptors (Lipinski definition) is 4. The summed E-state index contributed by atoms with van der Waals surface area (Å²) in [7, 11) is 1.51. The molecule has 2 aromatic rings. The lowest BCUT2D eigenvalue weighted by atomic mass is 9.74. The Morgan fingerprint density at radius 1 is 1.17 bits per heavy atom. The van der Waals surface area contributed by atoms with Crippen molar-refractivity contribution in [3.05, 3.63) is 70.5 Å². The zero-order valence-electron chi connectivity index (χ0n) is 19.4. The Balaban J connectivity index is 1.84. The summed E-state index contributed by atoms with van der Waals surface area (Å²) in [5, 5.41) is 2.47. The van der Waals surface area contributed by atoms with Gasteiger partial charge in [0.2, 0.25) is 17.7 Å². The molecule has 188 valence electrons. The molecule has 3 rings (SSSR count). The minimum absolute atomic E-state index is 0.0781. The number of amides is 3. The van der Waals surface area contributed by atoms with Crippen LogP contribution >= 0.6 is 0 Å². The van der Waals surface area contributed by atoms with E-state index in [4.69, 9.17) is 4.74 Å². The van der Waals surface area contributed by atoms with E-state index in [0.29, 0.717) is 24.7 Å². The molecule has 3 amide bonds. The van der Waals surface area contributed by atoms with Gasteiger partial charge in [0, 0.05) is 39.6 Å². The van der Waals surface area contributed by atoms with E-state index >= 15 is 0 Å². The lowest BCUT2D eigenvalue weighted by Crippen LogP contribution is -2.43. The molecule has 1 fully saturated rings. The van der Waals surface area contributed by atoms with Gasteiger partial charge in [0.1, 0.15) is 5.82 Å². The Labute approximate surface area is 200 Å². The largest absolute Gasteiger partial charge is 0.416 e. The molecule has 0 aliphatic carbocycles. The second kappa shape index (κ2) is 10.6. The highest BCUT2D eigenvalue weighted by Gasteiger charge is 2.54. The van der Waals surface area contributed by atoms with Crippen LogP contribution in [0.15, 0.2) is 42.5 Å². The maximum Gasteiger partial charge on any atom is 0.416 e. The highest BCUT2D eigenvalue weighted by atomic mass is 19.4. The summed E-state index contributed by atoms with van der Waals surface area (Å²) in [6.07, 6.45) is -4.90. The molecule has 0 unspecified atom stereocenters. The Morgan fingerprint density at radius 3 is 2.54 bits per heavy atom. The fourth-order valence-corrected chi connectivity index (χ4v) is 4.40. The summed E-state index contributed by atoms with van der Waals surface area (Å²) >= 11 is 0. The number of ether oxygens (including phenoxy) is 1. The van der Waals surface area contributed by atoms with Crippen molar-refractivity contribution in [3.8, 4) is 0 Å². The third-order valence-corrected chi connectivity index (χ3v) is 6.04. The average molecular weight is 494 g/mol. The van der Waals surface area contributed by atoms with Gasteiger partial charge in [-0.25, -0.2) is 4.39 Å². The lowest BCUT2D eigenvalue weighted by Gasteiger charge is -2.28. The van der Waals surface area contributed by atoms with Gasteiger partial charge in [-0.2, -0.15) is 13.2 Å². The van der Waals surface area contributed by atoms with E-state index in [1.165, 1.54) is 7.11 Å². The number of halogens is 4. The first-order valence-corrected chi connectivity index (χ1v) is 11.0. The third kappa shape index (κ3) is 5.87. The number of carbonyl (C=O) groups excluding carboxylic acids is 3. The predicted octanol–water partition coefficient (Wildman–Crippen LogP) is 3.89. The molecule has 1 aliphatic heterocycles. The summed E-state index contributed by atoms with van der Waals surface area (Å²) in [6, 6.07) is 8.96. The van der Waals surface area contributed by atoms with Crippen LogP contribution in [-0.4, -0.2) is 42.9 Å². The van der Waals surface area contributed by atoms with Crippen molar-refractivity contribution >= 4 is 17.7 Å². The van der Waals surface area contributed by atoms with Crippen LogP contribution < -0.4 is 5.32 Å². The minimum Gasteiger partial charge on any atom is -0.385 e. The number of alkyl halides is 3. The number of likely N-dealkylation sites (tertiary alicyclic amines) is 1. The summed E-state index contributed by atoms with van der Waals surface area (Å²) in [5.41, 5.74) is -1.43. The number of imide groups is 1. The van der Waals surface area contributed by atoms with Gasteiger partial charge in [0.15, 0.2) is 0 Å². The zero-order valence-corrected chi connectivity index (χ0v) is 19.4. The maximum atomic E-state index is 13.7. The van der Waals surface area contributed by atoms with Gasteiger partial charge in [-0.3, -0.25) is 19.3 Å². The van der Waals surface area contributed by atoms with E-state index in [1.54, 1.807) is 31.2 Å². The molecule has 1 N–H and O–H groups in total. The highest BCUT2D eigenvalue weighted by Crippen LogP contribution is 2.41. The molecular formula is C25H26F4N2O4. The van der Waals surface area contributed by atoms with E-state index in [0.717, 1.165) is 22.6 Å². The minimum atomic E-state index is -4.74. The van der Waals surface area contributed by atoms with Gasteiger partial charge in [0.25, 0.3) is 0 Å². The zero-order chi connectivity index (χ0) is 25.8. The first-order valence-electron chi connectivity index (χ1n) is 11.0. The molecule has 0 aromatic heterocycles. The van der Waals surface area contributed by atoms with Crippen LogP contribution in [0.25, 0.3) is 0 Å². The number of hydrogen-bond donors (Lipinski definition) is 1. The van der Waals surface area contributed by atoms with E-state index < -0.39 is 40.7 Å². The van der Waals surface area contributed by atoms with Crippen LogP contribution in [0.1, 0.15) is 41.5 Å². The Kier molecular flexibility index (Phi) is 7.94. The van der Waals surface area contributed by atoms with Crippen molar-refractivity contribution in [3.63, 3.8) is 0 Å². The van der Waals surface area contributed by atoms with Gasteiger partial charge in [-0.15, -0.1) is 0 Å². The molecule has 0 spiro atoms. The summed E-state index contributed by atoms with van der Waals surface area (Å²) < 4.78 is 57.6. The highest BCUT2D eigenvalue weighted by molar-refractivity contribution is 6.10. The van der Waals surface area contributed by atoms with Crippen LogP contribution in [0.3, 0.4) is 0 Å². The van der Waals surface area contributed by atoms with Crippen molar-refractivity contribution in [2.24, 2.45) is 0 Å². The fourth-order valence-electron chi connectivity index (χ4n) is 4.40. The normalized spacial score (nSPS) is 18.3. The molecular weight excluding hydrogens is 468 g/mol. The molecule has 6 nitrogen and oxygen atoms in total. The molecule has 1 atom stereocenters. The van der Waals surface area contributed by atoms with Crippen molar-refractivity contribution in [1.29, 1.82) is 0 Å². The molecule has 0 bridgehead atoms. The number of benzene rings is 2. The molecule has 1 saturated heterocycles. The van der Waals surface area contributed by atoms with E-state index in [9.17, 15) is 31.9 Å². The van der Waals surface area contributed by atoms with E-state index in [1.807, 2.05) is 0 Å². The van der Waals surface area contributed by atoms with Gasteiger partial charge in [0.05, 0.1) is 11.0 Å². The van der Waals surface area contributed by atoms with Gasteiger partial charge in [-0.1, -0.05) is 24.3 Å². The number of carbonyl (C=O) groups is 3. The van der Waals surface area contributed by atoms with Crippen molar-refractivity contribution in [1.82, 2.24) is 10.2 Å². The van der Waals surface area contributed by atoms with Crippen LogP contribution in [0.4, 0.5) is 17.6 Å². The van der Waals surface area contributed by atoms with Crippen LogP contribution in [0.2, 0.25) is 0 Å². The first kappa shape index (κ1) is 26.3. The Bertz CT molecular complexity index is 1120. The standard InChI is InChI=1S/C25H26F4N2O4/c1-16-6-3-4-7-20(16)24(14-22(33)31(23(24)34)8-5-9-35-2)13-21(32)30-15-17-10-18(25(27,28)29)12-19(26)11-17/h3-4,6-7,10-12H,5,8-9,13-15H2,1-2H3,(H,30,32)/t24-/m1/s1. The smallest absolute Gasteiger partial charge is 0.385 e. The second-order valence-corrected chi connectivity index (χ2v) is 8.57. The van der Waals surface area contributed by atoms with Crippen molar-refractivity contribution in [2.45, 2.75) is 44.3 Å². The summed E-state index contributed by atoms with van der Waals surface area (Å²) in [5.74, 6) is -2.65. The number of aryl methyl sites for hydroxylation is 1. The first-order chi connectivity index (χ1) is 16.5. The molecule has 0 saturated carbocycles. The SMILES string of the molecule is COCCCN1C(=O)C[C@](CC(=O)NCc2cc(F)cc(C(F)(F)F)c2)(c2ccccc2C)C1=O. The van der Waals surface area contributed by atoms with Gasteiger partial charge >= 0.3 is 6.18 Å². The Morgan fingerprint density at radius 2 is 1.89 bits per heavy atom. The molecule has 10 heteroatoms. The quantitative estimate of drug-likeness (QED) is 0.326. The third-order valence-electron chi connectivity index (χ3n) is 6.04. The number of methoxy groups -OCH3 is 1. The van der Waals surface area contributed by atoms with Gasteiger partial charge in [-0.05, 0) is 48.2 Å². The Hall–Kier alpha value is -3.27. The molecule has 35 heavy (non-hydrogen) atoms. The molecule has 1 aliphatic rings. The maximum absolute atomic E-state index is 13.7. The second-order valence-electron chi connectivity index (χ2n) is 8.57. The number of nitrogens with one attached hydrogen (secondary N) is 1. The van der Waals surface area contributed by atoms with E-state index in [-0.39, 0.29) is 31.5 Å². The van der Waals surface area contributed by atoms with Crippen LogP contribution in [0.5, 0.6) is 0 Å². The summed E-state index contributed by atoms with van der Waals surface area (Å²) in [6.45, 7) is 1.89.